The first-order chi connectivity index (χ1) is 5.81. The Morgan fingerprint density at radius 1 is 1.08 bits per heavy atom. The van der Waals surface area contributed by atoms with Crippen LogP contribution in [0, 0.1) is 5.41 Å². The highest BCUT2D eigenvalue weighted by molar-refractivity contribution is 4.97. The molecule has 1 heteroatoms. The van der Waals surface area contributed by atoms with Gasteiger partial charge in [0.15, 0.2) is 0 Å². The van der Waals surface area contributed by atoms with Crippen molar-refractivity contribution in [3.8, 4) is 0 Å². The van der Waals surface area contributed by atoms with Gasteiger partial charge < -0.3 is 4.74 Å². The SMILES string of the molecule is CC.CC.CC1CC2(CC2)CO1. The van der Waals surface area contributed by atoms with Gasteiger partial charge in [0.25, 0.3) is 0 Å². The van der Waals surface area contributed by atoms with Gasteiger partial charge in [0.1, 0.15) is 0 Å². The predicted octanol–water partition coefficient (Wildman–Crippen LogP) is 3.63. The van der Waals surface area contributed by atoms with E-state index in [0.29, 0.717) is 11.5 Å². The van der Waals surface area contributed by atoms with E-state index in [-0.39, 0.29) is 0 Å². The predicted molar refractivity (Wildman–Crippen MR) is 54.4 cm³/mol. The number of hydrogen-bond acceptors (Lipinski definition) is 1. The van der Waals surface area contributed by atoms with Gasteiger partial charge in [-0.15, -0.1) is 0 Å². The quantitative estimate of drug-likeness (QED) is 0.542. The Kier molecular flexibility index (Phi) is 5.56. The van der Waals surface area contributed by atoms with Crippen molar-refractivity contribution < 1.29 is 4.74 Å². The zero-order chi connectivity index (χ0) is 9.61. The fraction of sp³-hybridized carbons (Fsp3) is 1.00. The Hall–Kier alpha value is -0.0400. The Morgan fingerprint density at radius 3 is 1.75 bits per heavy atom. The molecule has 1 spiro atoms. The molecule has 74 valence electrons. The summed E-state index contributed by atoms with van der Waals surface area (Å²) in [7, 11) is 0. The summed E-state index contributed by atoms with van der Waals surface area (Å²) in [6.45, 7) is 11.2. The molecule has 1 saturated heterocycles. The summed E-state index contributed by atoms with van der Waals surface area (Å²) in [6.07, 6.45) is 4.74. The third-order valence-electron chi connectivity index (χ3n) is 2.35. The summed E-state index contributed by atoms with van der Waals surface area (Å²) < 4.78 is 5.43. The Morgan fingerprint density at radius 2 is 1.58 bits per heavy atom. The molecule has 2 aliphatic rings. The molecule has 0 aromatic heterocycles. The third-order valence-corrected chi connectivity index (χ3v) is 2.35. The lowest BCUT2D eigenvalue weighted by Gasteiger charge is -1.97. The van der Waals surface area contributed by atoms with E-state index in [2.05, 4.69) is 6.92 Å². The maximum Gasteiger partial charge on any atom is 0.0553 e. The molecule has 0 amide bonds. The second-order valence-corrected chi connectivity index (χ2v) is 3.33. The summed E-state index contributed by atoms with van der Waals surface area (Å²) in [5, 5.41) is 0. The highest BCUT2D eigenvalue weighted by atomic mass is 16.5. The van der Waals surface area contributed by atoms with E-state index < -0.39 is 0 Å². The first kappa shape index (κ1) is 12.0. The molecule has 0 N–H and O–H groups in total. The van der Waals surface area contributed by atoms with Crippen LogP contribution < -0.4 is 0 Å². The molecule has 1 saturated carbocycles. The van der Waals surface area contributed by atoms with Crippen molar-refractivity contribution in [2.24, 2.45) is 5.41 Å². The summed E-state index contributed by atoms with van der Waals surface area (Å²) in [4.78, 5) is 0. The van der Waals surface area contributed by atoms with Gasteiger partial charge in [-0.2, -0.15) is 0 Å². The minimum atomic E-state index is 0.553. The molecular formula is C11H24O. The lowest BCUT2D eigenvalue weighted by molar-refractivity contribution is 0.118. The molecule has 1 heterocycles. The van der Waals surface area contributed by atoms with E-state index in [0.717, 1.165) is 6.61 Å². The van der Waals surface area contributed by atoms with Crippen molar-refractivity contribution in [3.63, 3.8) is 0 Å². The molecule has 2 fully saturated rings. The van der Waals surface area contributed by atoms with Crippen LogP contribution in [0.4, 0.5) is 0 Å². The zero-order valence-corrected chi connectivity index (χ0v) is 9.31. The van der Waals surface area contributed by atoms with Gasteiger partial charge in [-0.3, -0.25) is 0 Å². The van der Waals surface area contributed by atoms with Crippen LogP contribution in [0.15, 0.2) is 0 Å². The van der Waals surface area contributed by atoms with E-state index in [1.54, 1.807) is 0 Å². The minimum Gasteiger partial charge on any atom is -0.378 e. The van der Waals surface area contributed by atoms with E-state index >= 15 is 0 Å². The normalized spacial score (nSPS) is 28.2. The summed E-state index contributed by atoms with van der Waals surface area (Å²) in [6, 6.07) is 0. The smallest absolute Gasteiger partial charge is 0.0553 e. The van der Waals surface area contributed by atoms with E-state index in [4.69, 9.17) is 4.74 Å². The van der Waals surface area contributed by atoms with Crippen molar-refractivity contribution in [3.05, 3.63) is 0 Å². The Bertz CT molecular complexity index is 106. The van der Waals surface area contributed by atoms with Crippen molar-refractivity contribution in [1.29, 1.82) is 0 Å². The fourth-order valence-corrected chi connectivity index (χ4v) is 1.57. The molecule has 1 aliphatic carbocycles. The van der Waals surface area contributed by atoms with E-state index in [1.165, 1.54) is 19.3 Å². The van der Waals surface area contributed by atoms with Gasteiger partial charge in [0.05, 0.1) is 12.7 Å². The molecule has 0 bridgehead atoms. The lowest BCUT2D eigenvalue weighted by atomic mass is 10.0. The average molecular weight is 172 g/mol. The number of hydrogen-bond donors (Lipinski definition) is 0. The van der Waals surface area contributed by atoms with Gasteiger partial charge >= 0.3 is 0 Å². The molecule has 0 aromatic carbocycles. The van der Waals surface area contributed by atoms with Crippen LogP contribution >= 0.6 is 0 Å². The van der Waals surface area contributed by atoms with Gasteiger partial charge in [-0.1, -0.05) is 27.7 Å². The molecule has 12 heavy (non-hydrogen) atoms. The standard InChI is InChI=1S/C7H12O.2C2H6/c1-6-4-7(2-3-7)5-8-6;2*1-2/h6H,2-5H2,1H3;2*1-2H3. The van der Waals surface area contributed by atoms with Crippen LogP contribution in [0.2, 0.25) is 0 Å². The molecule has 0 radical (unpaired) electrons. The molecule has 1 atom stereocenters. The van der Waals surface area contributed by atoms with Crippen molar-refractivity contribution in [2.75, 3.05) is 6.61 Å². The maximum atomic E-state index is 5.43. The van der Waals surface area contributed by atoms with Gasteiger partial charge in [0, 0.05) is 0 Å². The van der Waals surface area contributed by atoms with Crippen LogP contribution in [0.5, 0.6) is 0 Å². The third kappa shape index (κ3) is 3.14. The maximum absolute atomic E-state index is 5.43. The van der Waals surface area contributed by atoms with Crippen molar-refractivity contribution in [1.82, 2.24) is 0 Å². The monoisotopic (exact) mass is 172 g/mol. The summed E-state index contributed by atoms with van der Waals surface area (Å²) >= 11 is 0. The van der Waals surface area contributed by atoms with Gasteiger partial charge in [-0.25, -0.2) is 0 Å². The average Bonchev–Trinajstić information content (AvgIpc) is 2.79. The van der Waals surface area contributed by atoms with Crippen LogP contribution in [-0.4, -0.2) is 12.7 Å². The fourth-order valence-electron chi connectivity index (χ4n) is 1.57. The molecule has 1 aliphatic heterocycles. The molecule has 1 nitrogen and oxygen atoms in total. The highest BCUT2D eigenvalue weighted by Gasteiger charge is 2.47. The van der Waals surface area contributed by atoms with Crippen molar-refractivity contribution in [2.45, 2.75) is 60.0 Å². The largest absolute Gasteiger partial charge is 0.378 e. The topological polar surface area (TPSA) is 9.23 Å². The van der Waals surface area contributed by atoms with Crippen LogP contribution in [0.1, 0.15) is 53.9 Å². The van der Waals surface area contributed by atoms with Gasteiger partial charge in [0.2, 0.25) is 0 Å². The highest BCUT2D eigenvalue weighted by Crippen LogP contribution is 2.53. The Labute approximate surface area is 77.5 Å². The first-order valence-electron chi connectivity index (χ1n) is 5.42. The van der Waals surface area contributed by atoms with Gasteiger partial charge in [-0.05, 0) is 31.6 Å². The number of rotatable bonds is 0. The van der Waals surface area contributed by atoms with Crippen LogP contribution in [0.3, 0.4) is 0 Å². The number of ether oxygens (including phenoxy) is 1. The summed E-state index contributed by atoms with van der Waals surface area (Å²) in [5.41, 5.74) is 0.694. The van der Waals surface area contributed by atoms with Crippen LogP contribution in [0.25, 0.3) is 0 Å². The van der Waals surface area contributed by atoms with E-state index in [1.807, 2.05) is 27.7 Å². The second kappa shape index (κ2) is 5.58. The molecule has 1 unspecified atom stereocenters. The molecular weight excluding hydrogens is 148 g/mol. The van der Waals surface area contributed by atoms with Crippen molar-refractivity contribution >= 4 is 0 Å². The Balaban J connectivity index is 0.000000269. The second-order valence-electron chi connectivity index (χ2n) is 3.33. The van der Waals surface area contributed by atoms with Crippen LogP contribution in [-0.2, 0) is 4.74 Å². The summed E-state index contributed by atoms with van der Waals surface area (Å²) in [5.74, 6) is 0. The minimum absolute atomic E-state index is 0.553. The zero-order valence-electron chi connectivity index (χ0n) is 9.31. The molecule has 0 aromatic rings. The first-order valence-corrected chi connectivity index (χ1v) is 5.42. The van der Waals surface area contributed by atoms with E-state index in [9.17, 15) is 0 Å². The molecule has 2 rings (SSSR count). The lowest BCUT2D eigenvalue weighted by Crippen LogP contribution is -1.96.